The van der Waals surface area contributed by atoms with Crippen LogP contribution in [0.25, 0.3) is 5.57 Å². The number of fused-ring (bicyclic) bond motifs is 1. The van der Waals surface area contributed by atoms with E-state index in [2.05, 4.69) is 26.0 Å². The number of carboxylic acids is 1. The van der Waals surface area contributed by atoms with Crippen LogP contribution < -0.4 is 9.47 Å². The highest BCUT2D eigenvalue weighted by Gasteiger charge is 2.33. The van der Waals surface area contributed by atoms with Crippen molar-refractivity contribution in [1.82, 2.24) is 0 Å². The lowest BCUT2D eigenvalue weighted by molar-refractivity contribution is -0.152. The number of hydrogen-bond donors (Lipinski definition) is 1. The van der Waals surface area contributed by atoms with Crippen molar-refractivity contribution in [2.24, 2.45) is 5.41 Å². The largest absolute Gasteiger partial charge is 0.493 e. The van der Waals surface area contributed by atoms with Crippen molar-refractivity contribution in [3.8, 4) is 11.5 Å². The van der Waals surface area contributed by atoms with E-state index in [9.17, 15) is 9.90 Å². The van der Waals surface area contributed by atoms with Crippen LogP contribution >= 0.6 is 0 Å². The molecule has 4 heteroatoms. The van der Waals surface area contributed by atoms with Gasteiger partial charge in [-0.05, 0) is 55.7 Å². The molecule has 1 aliphatic heterocycles. The Labute approximate surface area is 143 Å². The maximum absolute atomic E-state index is 11.5. The van der Waals surface area contributed by atoms with Gasteiger partial charge < -0.3 is 14.6 Å². The van der Waals surface area contributed by atoms with E-state index in [1.165, 1.54) is 17.6 Å². The quantitative estimate of drug-likeness (QED) is 0.886. The zero-order chi connectivity index (χ0) is 17.5. The fourth-order valence-corrected chi connectivity index (χ4v) is 3.38. The normalized spacial score (nSPS) is 19.2. The molecule has 0 fully saturated rings. The predicted octanol–water partition coefficient (Wildman–Crippen LogP) is 4.46. The molecule has 0 saturated heterocycles. The summed E-state index contributed by atoms with van der Waals surface area (Å²) in [4.78, 5) is 11.5. The Morgan fingerprint density at radius 3 is 2.75 bits per heavy atom. The van der Waals surface area contributed by atoms with Crippen LogP contribution in [0, 0.1) is 5.41 Å². The van der Waals surface area contributed by atoms with E-state index in [0.717, 1.165) is 30.6 Å². The molecule has 0 amide bonds. The molecular formula is C20H26O4. The minimum atomic E-state index is -1.29. The van der Waals surface area contributed by atoms with E-state index < -0.39 is 11.6 Å². The Kier molecular flexibility index (Phi) is 4.10. The number of ether oxygens (including phenoxy) is 2. The first kappa shape index (κ1) is 16.9. The molecule has 1 aromatic rings. The van der Waals surface area contributed by atoms with Crippen LogP contribution in [0.5, 0.6) is 11.5 Å². The molecule has 0 saturated carbocycles. The first-order valence-electron chi connectivity index (χ1n) is 8.59. The molecule has 0 spiro atoms. The van der Waals surface area contributed by atoms with Gasteiger partial charge in [-0.1, -0.05) is 19.9 Å². The zero-order valence-electron chi connectivity index (χ0n) is 14.9. The molecule has 0 radical (unpaired) electrons. The van der Waals surface area contributed by atoms with Gasteiger partial charge in [-0.15, -0.1) is 0 Å². The van der Waals surface area contributed by atoms with Gasteiger partial charge in [0.2, 0.25) is 0 Å². The van der Waals surface area contributed by atoms with E-state index in [1.807, 2.05) is 6.07 Å². The van der Waals surface area contributed by atoms with Gasteiger partial charge in [-0.3, -0.25) is 0 Å². The van der Waals surface area contributed by atoms with E-state index in [1.54, 1.807) is 13.8 Å². The molecule has 0 atom stereocenters. The second kappa shape index (κ2) is 5.83. The number of carbonyl (C=O) groups is 1. The number of allylic oxidation sites excluding steroid dienone is 2. The molecule has 4 nitrogen and oxygen atoms in total. The predicted molar refractivity (Wildman–Crippen MR) is 93.6 cm³/mol. The van der Waals surface area contributed by atoms with Crippen LogP contribution in [-0.4, -0.2) is 23.3 Å². The molecule has 24 heavy (non-hydrogen) atoms. The summed E-state index contributed by atoms with van der Waals surface area (Å²) in [6, 6.07) is 3.99. The summed E-state index contributed by atoms with van der Waals surface area (Å²) < 4.78 is 11.6. The summed E-state index contributed by atoms with van der Waals surface area (Å²) >= 11 is 0. The highest BCUT2D eigenvalue weighted by Crippen LogP contribution is 2.45. The van der Waals surface area contributed by atoms with Crippen molar-refractivity contribution in [3.63, 3.8) is 0 Å². The van der Waals surface area contributed by atoms with Gasteiger partial charge >= 0.3 is 5.97 Å². The summed E-state index contributed by atoms with van der Waals surface area (Å²) in [6.45, 7) is 8.38. The van der Waals surface area contributed by atoms with Gasteiger partial charge in [-0.2, -0.15) is 0 Å². The minimum absolute atomic E-state index is 0.249. The van der Waals surface area contributed by atoms with Gasteiger partial charge in [0.1, 0.15) is 11.5 Å². The maximum Gasteiger partial charge on any atom is 0.347 e. The third-order valence-corrected chi connectivity index (χ3v) is 4.90. The van der Waals surface area contributed by atoms with Crippen LogP contribution in [0.3, 0.4) is 0 Å². The molecule has 1 heterocycles. The second-order valence-electron chi connectivity index (χ2n) is 8.08. The fraction of sp³-hybridized carbons (Fsp3) is 0.550. The van der Waals surface area contributed by atoms with Gasteiger partial charge in [0, 0.05) is 18.1 Å². The average molecular weight is 330 g/mol. The summed E-state index contributed by atoms with van der Waals surface area (Å²) in [5.74, 6) is 0.436. The molecule has 1 N–H and O–H groups in total. The lowest BCUT2D eigenvalue weighted by Crippen LogP contribution is -2.38. The van der Waals surface area contributed by atoms with Gasteiger partial charge in [-0.25, -0.2) is 4.79 Å². The van der Waals surface area contributed by atoms with Crippen LogP contribution in [0.15, 0.2) is 18.2 Å². The van der Waals surface area contributed by atoms with Gasteiger partial charge in [0.15, 0.2) is 5.60 Å². The zero-order valence-corrected chi connectivity index (χ0v) is 14.9. The first-order valence-corrected chi connectivity index (χ1v) is 8.59. The highest BCUT2D eigenvalue weighted by atomic mass is 16.5. The van der Waals surface area contributed by atoms with Crippen molar-refractivity contribution >= 4 is 11.5 Å². The van der Waals surface area contributed by atoms with Crippen LogP contribution in [-0.2, 0) is 11.2 Å². The van der Waals surface area contributed by atoms with Crippen molar-refractivity contribution in [3.05, 3.63) is 29.3 Å². The highest BCUT2D eigenvalue weighted by molar-refractivity contribution is 5.78. The summed E-state index contributed by atoms with van der Waals surface area (Å²) in [5, 5.41) is 9.41. The monoisotopic (exact) mass is 330 g/mol. The lowest BCUT2D eigenvalue weighted by atomic mass is 9.75. The molecular weight excluding hydrogens is 304 g/mol. The molecule has 1 aromatic carbocycles. The Morgan fingerprint density at radius 1 is 1.33 bits per heavy atom. The van der Waals surface area contributed by atoms with Crippen LogP contribution in [0.2, 0.25) is 0 Å². The van der Waals surface area contributed by atoms with Gasteiger partial charge in [0.05, 0.1) is 6.61 Å². The van der Waals surface area contributed by atoms with Crippen molar-refractivity contribution in [1.29, 1.82) is 0 Å². The number of rotatable bonds is 4. The SMILES string of the molecule is CC1(C)CCC=C(c2cc3c(cc2OC(C)(C)C(=O)O)OCC3)C1. The van der Waals surface area contributed by atoms with E-state index in [4.69, 9.17) is 9.47 Å². The van der Waals surface area contributed by atoms with Crippen molar-refractivity contribution < 1.29 is 19.4 Å². The van der Waals surface area contributed by atoms with E-state index >= 15 is 0 Å². The molecule has 0 unspecified atom stereocenters. The second-order valence-corrected chi connectivity index (χ2v) is 8.08. The number of aliphatic carboxylic acids is 1. The molecule has 0 aromatic heterocycles. The summed E-state index contributed by atoms with van der Waals surface area (Å²) in [7, 11) is 0. The Morgan fingerprint density at radius 2 is 2.08 bits per heavy atom. The van der Waals surface area contributed by atoms with Crippen LogP contribution in [0.4, 0.5) is 0 Å². The smallest absolute Gasteiger partial charge is 0.347 e. The third-order valence-electron chi connectivity index (χ3n) is 4.90. The molecule has 1 aliphatic carbocycles. The fourth-order valence-electron chi connectivity index (χ4n) is 3.38. The lowest BCUT2D eigenvalue weighted by Gasteiger charge is -2.31. The Hall–Kier alpha value is -1.97. The molecule has 0 bridgehead atoms. The average Bonchev–Trinajstić information content (AvgIpc) is 2.92. The number of hydrogen-bond acceptors (Lipinski definition) is 3. The number of carboxylic acid groups (broad SMARTS) is 1. The van der Waals surface area contributed by atoms with Gasteiger partial charge in [0.25, 0.3) is 0 Å². The first-order chi connectivity index (χ1) is 11.2. The van der Waals surface area contributed by atoms with Crippen LogP contribution in [0.1, 0.15) is 58.1 Å². The third kappa shape index (κ3) is 3.28. The molecule has 2 aliphatic rings. The molecule has 3 rings (SSSR count). The summed E-state index contributed by atoms with van der Waals surface area (Å²) in [5.41, 5.74) is 2.40. The molecule has 130 valence electrons. The number of benzene rings is 1. The standard InChI is InChI=1S/C20H26O4/c1-19(2)8-5-6-14(12-19)15-10-13-7-9-23-16(13)11-17(15)24-20(3,4)18(21)22/h6,10-11H,5,7-9,12H2,1-4H3,(H,21,22). The van der Waals surface area contributed by atoms with E-state index in [0.29, 0.717) is 12.4 Å². The Balaban J connectivity index is 2.04. The maximum atomic E-state index is 11.5. The van der Waals surface area contributed by atoms with E-state index in [-0.39, 0.29) is 5.41 Å². The topological polar surface area (TPSA) is 55.8 Å². The van der Waals surface area contributed by atoms with Crippen molar-refractivity contribution in [2.45, 2.75) is 59.0 Å². The minimum Gasteiger partial charge on any atom is -0.493 e. The summed E-state index contributed by atoms with van der Waals surface area (Å²) in [6.07, 6.45) is 6.33. The van der Waals surface area contributed by atoms with Crippen molar-refractivity contribution in [2.75, 3.05) is 6.61 Å². The Bertz CT molecular complexity index is 698.